The summed E-state index contributed by atoms with van der Waals surface area (Å²) >= 11 is 6.76. The van der Waals surface area contributed by atoms with Crippen LogP contribution in [0.25, 0.3) is 32.9 Å². The minimum atomic E-state index is -1.02. The van der Waals surface area contributed by atoms with Crippen molar-refractivity contribution >= 4 is 45.0 Å². The molecule has 2 aromatic carbocycles. The second-order valence-electron chi connectivity index (χ2n) is 12.9. The molecule has 0 radical (unpaired) electrons. The molecule has 3 fully saturated rings. The molecule has 0 spiro atoms. The molecule has 7 rings (SSSR count). The van der Waals surface area contributed by atoms with Crippen molar-refractivity contribution in [3.8, 4) is 17.1 Å². The van der Waals surface area contributed by atoms with Crippen LogP contribution in [0.2, 0.25) is 5.02 Å². The Kier molecular flexibility index (Phi) is 8.33. The largest absolute Gasteiger partial charge is 0.463 e. The van der Waals surface area contributed by atoms with Gasteiger partial charge < -0.3 is 25.4 Å². The Bertz CT molecular complexity index is 1800. The van der Waals surface area contributed by atoms with Crippen LogP contribution in [0.3, 0.4) is 0 Å². The fraction of sp³-hybridized carbons (Fsp3) is 0.485. The highest BCUT2D eigenvalue weighted by molar-refractivity contribution is 6.35. The first kappa shape index (κ1) is 31.2. The van der Waals surface area contributed by atoms with Crippen molar-refractivity contribution in [1.82, 2.24) is 25.2 Å². The molecule has 0 bridgehead atoms. The van der Waals surface area contributed by atoms with Crippen molar-refractivity contribution in [2.75, 3.05) is 63.2 Å². The van der Waals surface area contributed by atoms with E-state index in [9.17, 15) is 4.39 Å². The van der Waals surface area contributed by atoms with Crippen LogP contribution in [0.1, 0.15) is 33.1 Å². The molecule has 4 aromatic rings. The van der Waals surface area contributed by atoms with Crippen LogP contribution in [-0.4, -0.2) is 84.5 Å². The zero-order chi connectivity index (χ0) is 32.2. The van der Waals surface area contributed by atoms with Crippen molar-refractivity contribution in [2.45, 2.75) is 45.2 Å². The molecule has 2 atom stereocenters. The number of fused-ring (bicyclic) bond motifs is 2. The quantitative estimate of drug-likeness (QED) is 0.252. The third-order valence-electron chi connectivity index (χ3n) is 9.37. The number of benzene rings is 2. The molecule has 1 aliphatic carbocycles. The molecule has 2 aliphatic heterocycles. The Morgan fingerprint density at radius 2 is 1.80 bits per heavy atom. The third-order valence-corrected chi connectivity index (χ3v) is 9.67. The SMILES string of the molecule is CC[C@@H]1CN(c2nc(OCC3(CN4CCOCC4)CC3)nc3c(F)c(-c4c(F)cc(F)c5ccc(N)nc45)c(Cl)cc23)C[C@@H](C)N1. The number of nitrogens with zero attached hydrogens (tertiary/aromatic N) is 5. The van der Waals surface area contributed by atoms with Gasteiger partial charge in [-0.3, -0.25) is 4.90 Å². The molecule has 3 aliphatic rings. The molecular weight excluding hydrogens is 619 g/mol. The molecule has 1 saturated carbocycles. The fourth-order valence-electron chi connectivity index (χ4n) is 6.74. The zero-order valence-electron chi connectivity index (χ0n) is 25.9. The highest BCUT2D eigenvalue weighted by Gasteiger charge is 2.45. The van der Waals surface area contributed by atoms with Crippen molar-refractivity contribution in [3.63, 3.8) is 0 Å². The van der Waals surface area contributed by atoms with E-state index in [1.54, 1.807) is 6.07 Å². The number of aromatic nitrogens is 3. The van der Waals surface area contributed by atoms with E-state index in [0.29, 0.717) is 50.2 Å². The lowest BCUT2D eigenvalue weighted by molar-refractivity contribution is 0.0231. The number of piperazine rings is 1. The Morgan fingerprint density at radius 3 is 2.54 bits per heavy atom. The van der Waals surface area contributed by atoms with Crippen molar-refractivity contribution in [1.29, 1.82) is 0 Å². The first-order valence-corrected chi connectivity index (χ1v) is 16.2. The van der Waals surface area contributed by atoms with Gasteiger partial charge in [-0.25, -0.2) is 18.2 Å². The predicted molar refractivity (Wildman–Crippen MR) is 173 cm³/mol. The number of rotatable bonds is 8. The van der Waals surface area contributed by atoms with Gasteiger partial charge in [0.05, 0.1) is 30.4 Å². The first-order chi connectivity index (χ1) is 22.1. The molecule has 2 aromatic heterocycles. The first-order valence-electron chi connectivity index (χ1n) is 15.8. The van der Waals surface area contributed by atoms with E-state index in [0.717, 1.165) is 38.9 Å². The van der Waals surface area contributed by atoms with Crippen molar-refractivity contribution in [3.05, 3.63) is 46.7 Å². The number of ether oxygens (including phenoxy) is 2. The molecule has 2 saturated heterocycles. The van der Waals surface area contributed by atoms with E-state index < -0.39 is 17.5 Å². The lowest BCUT2D eigenvalue weighted by atomic mass is 9.98. The topological polar surface area (TPSA) is 102 Å². The number of nitrogens with one attached hydrogen (secondary N) is 1. The number of morpholine rings is 1. The van der Waals surface area contributed by atoms with Gasteiger partial charge in [-0.2, -0.15) is 9.97 Å². The van der Waals surface area contributed by atoms with Gasteiger partial charge in [0.1, 0.15) is 28.8 Å². The molecule has 0 amide bonds. The van der Waals surface area contributed by atoms with Gasteiger partial charge in [-0.05, 0) is 44.4 Å². The summed E-state index contributed by atoms with van der Waals surface area (Å²) in [5.74, 6) is -2.22. The molecule has 3 N–H and O–H groups in total. The van der Waals surface area contributed by atoms with E-state index in [1.807, 2.05) is 0 Å². The van der Waals surface area contributed by atoms with Crippen LogP contribution >= 0.6 is 11.6 Å². The minimum Gasteiger partial charge on any atom is -0.463 e. The fourth-order valence-corrected chi connectivity index (χ4v) is 7.03. The standard InChI is InChI=1S/C33H37ClF3N7O2/c1-3-19-15-44(14-18(2)39-19)31-21-12-22(34)26(27-24(36)13-23(35)20-4-5-25(38)40-29(20)27)28(37)30(21)41-32(42-31)46-17-33(6-7-33)16-43-8-10-45-11-9-43/h4-5,12-13,18-19,39H,3,6-11,14-17H2,1-2H3,(H2,38,40)/t18-,19-/m1/s1. The molecule has 4 heterocycles. The van der Waals surface area contributed by atoms with Gasteiger partial charge >= 0.3 is 6.01 Å². The van der Waals surface area contributed by atoms with E-state index >= 15 is 8.78 Å². The Balaban J connectivity index is 1.34. The summed E-state index contributed by atoms with van der Waals surface area (Å²) in [7, 11) is 0. The van der Waals surface area contributed by atoms with Gasteiger partial charge in [-0.1, -0.05) is 18.5 Å². The number of halogens is 4. The summed E-state index contributed by atoms with van der Waals surface area (Å²) in [6, 6.07) is 5.40. The zero-order valence-corrected chi connectivity index (χ0v) is 26.6. The van der Waals surface area contributed by atoms with Crippen LogP contribution in [0.15, 0.2) is 24.3 Å². The molecule has 13 heteroatoms. The van der Waals surface area contributed by atoms with Crippen LogP contribution < -0.4 is 20.7 Å². The van der Waals surface area contributed by atoms with Crippen LogP contribution in [-0.2, 0) is 4.74 Å². The monoisotopic (exact) mass is 655 g/mol. The molecule has 46 heavy (non-hydrogen) atoms. The van der Waals surface area contributed by atoms with Gasteiger partial charge in [0.2, 0.25) is 0 Å². The summed E-state index contributed by atoms with van der Waals surface area (Å²) < 4.78 is 59.0. The van der Waals surface area contributed by atoms with E-state index in [2.05, 4.69) is 38.9 Å². The second-order valence-corrected chi connectivity index (χ2v) is 13.3. The number of hydrogen-bond acceptors (Lipinski definition) is 9. The summed E-state index contributed by atoms with van der Waals surface area (Å²) in [4.78, 5) is 18.0. The number of anilines is 2. The van der Waals surface area contributed by atoms with E-state index in [1.165, 1.54) is 12.1 Å². The van der Waals surface area contributed by atoms with Gasteiger partial charge in [-0.15, -0.1) is 0 Å². The third kappa shape index (κ3) is 5.92. The maximum atomic E-state index is 16.9. The Labute approximate surface area is 270 Å². The van der Waals surface area contributed by atoms with Crippen molar-refractivity contribution < 1.29 is 22.6 Å². The highest BCUT2D eigenvalue weighted by atomic mass is 35.5. The summed E-state index contributed by atoms with van der Waals surface area (Å²) in [5.41, 5.74) is 5.08. The molecule has 9 nitrogen and oxygen atoms in total. The smallest absolute Gasteiger partial charge is 0.319 e. The van der Waals surface area contributed by atoms with Crippen LogP contribution in [0.4, 0.5) is 24.8 Å². The van der Waals surface area contributed by atoms with Crippen molar-refractivity contribution in [2.24, 2.45) is 5.41 Å². The van der Waals surface area contributed by atoms with E-state index in [-0.39, 0.29) is 61.9 Å². The number of nitrogens with two attached hydrogens (primary N) is 1. The summed E-state index contributed by atoms with van der Waals surface area (Å²) in [6.07, 6.45) is 2.92. The van der Waals surface area contributed by atoms with Gasteiger partial charge in [0.25, 0.3) is 0 Å². The van der Waals surface area contributed by atoms with Gasteiger partial charge in [0.15, 0.2) is 5.82 Å². The summed E-state index contributed by atoms with van der Waals surface area (Å²) in [6.45, 7) is 9.89. The van der Waals surface area contributed by atoms with Gasteiger partial charge in [0, 0.05) is 78.2 Å². The Hall–Kier alpha value is -3.45. The number of hydrogen-bond donors (Lipinski definition) is 2. The highest BCUT2D eigenvalue weighted by Crippen LogP contribution is 2.47. The van der Waals surface area contributed by atoms with E-state index in [4.69, 9.17) is 31.8 Å². The normalized spacial score (nSPS) is 21.7. The lowest BCUT2D eigenvalue weighted by Gasteiger charge is -2.38. The molecule has 244 valence electrons. The maximum Gasteiger partial charge on any atom is 0.319 e. The number of nitrogen functional groups attached to an aromatic ring is 1. The number of pyridine rings is 1. The van der Waals surface area contributed by atoms with Crippen LogP contribution in [0.5, 0.6) is 6.01 Å². The molecular formula is C33H37ClF3N7O2. The van der Waals surface area contributed by atoms with Crippen LogP contribution in [0, 0.1) is 22.9 Å². The lowest BCUT2D eigenvalue weighted by Crippen LogP contribution is -2.55. The Morgan fingerprint density at radius 1 is 1.02 bits per heavy atom. The summed E-state index contributed by atoms with van der Waals surface area (Å²) in [5, 5.41) is 3.86. The average Bonchev–Trinajstić information content (AvgIpc) is 3.80. The maximum absolute atomic E-state index is 16.9. The second kappa shape index (κ2) is 12.3. The predicted octanol–water partition coefficient (Wildman–Crippen LogP) is 5.57. The average molecular weight is 656 g/mol. The minimum absolute atomic E-state index is 0.0102. The molecule has 0 unspecified atom stereocenters.